The van der Waals surface area contributed by atoms with Gasteiger partial charge in [-0.05, 0) is 42.8 Å². The van der Waals surface area contributed by atoms with E-state index in [1.165, 1.54) is 52.9 Å². The summed E-state index contributed by atoms with van der Waals surface area (Å²) in [4.78, 5) is 25.8. The number of rotatable bonds is 6. The number of nitrogens with one attached hydrogen (secondary N) is 1. The molecule has 2 N–H and O–H groups in total. The Bertz CT molecular complexity index is 1410. The first-order valence-electron chi connectivity index (χ1n) is 9.93. The highest BCUT2D eigenvalue weighted by Crippen LogP contribution is 2.31. The molecule has 0 saturated carbocycles. The van der Waals surface area contributed by atoms with Crippen LogP contribution in [0.4, 0.5) is 10.1 Å². The van der Waals surface area contributed by atoms with Gasteiger partial charge >= 0.3 is 0 Å². The van der Waals surface area contributed by atoms with Gasteiger partial charge in [0.05, 0.1) is 25.1 Å². The smallest absolute Gasteiger partial charge is 0.277 e. The molecule has 170 valence electrons. The summed E-state index contributed by atoms with van der Waals surface area (Å²) in [6, 6.07) is 8.86. The van der Waals surface area contributed by atoms with Crippen LogP contribution in [0.3, 0.4) is 0 Å². The lowest BCUT2D eigenvalue weighted by molar-refractivity contribution is -0.116. The summed E-state index contributed by atoms with van der Waals surface area (Å²) in [6.07, 6.45) is 2.95. The molecule has 0 aliphatic rings. The van der Waals surface area contributed by atoms with Gasteiger partial charge in [0, 0.05) is 34.6 Å². The predicted octanol–water partition coefficient (Wildman–Crippen LogP) is 3.40. The highest BCUT2D eigenvalue weighted by atomic mass is 35.5. The van der Waals surface area contributed by atoms with E-state index in [2.05, 4.69) is 10.4 Å². The number of anilines is 1. The van der Waals surface area contributed by atoms with Crippen LogP contribution < -0.4 is 15.6 Å². The summed E-state index contributed by atoms with van der Waals surface area (Å²) in [5, 5.41) is 17.5. The number of halogens is 2. The van der Waals surface area contributed by atoms with Gasteiger partial charge in [-0.3, -0.25) is 9.59 Å². The molecule has 4 aromatic rings. The molecule has 0 atom stereocenters. The zero-order chi connectivity index (χ0) is 23.7. The lowest BCUT2D eigenvalue weighted by Crippen LogP contribution is -2.28. The van der Waals surface area contributed by atoms with Gasteiger partial charge in [-0.1, -0.05) is 11.6 Å². The normalized spacial score (nSPS) is 11.1. The van der Waals surface area contributed by atoms with Crippen molar-refractivity contribution in [3.05, 3.63) is 81.1 Å². The van der Waals surface area contributed by atoms with E-state index in [9.17, 15) is 19.1 Å². The molecular weight excluding hydrogens is 451 g/mol. The highest BCUT2D eigenvalue weighted by molar-refractivity contribution is 6.31. The Kier molecular flexibility index (Phi) is 6.17. The zero-order valence-corrected chi connectivity index (χ0v) is 18.6. The van der Waals surface area contributed by atoms with Crippen LogP contribution in [-0.2, 0) is 17.9 Å². The maximum Gasteiger partial charge on any atom is 0.277 e. The number of aryl methyl sites for hydroxylation is 1. The van der Waals surface area contributed by atoms with Crippen molar-refractivity contribution >= 4 is 28.7 Å². The van der Waals surface area contributed by atoms with Crippen LogP contribution in [0.25, 0.3) is 16.8 Å². The van der Waals surface area contributed by atoms with Gasteiger partial charge in [-0.25, -0.2) is 8.91 Å². The van der Waals surface area contributed by atoms with Gasteiger partial charge in [0.2, 0.25) is 5.91 Å². The van der Waals surface area contributed by atoms with E-state index >= 15 is 0 Å². The maximum absolute atomic E-state index is 13.3. The minimum atomic E-state index is -0.503. The Morgan fingerprint density at radius 2 is 1.97 bits per heavy atom. The second kappa shape index (κ2) is 9.05. The summed E-state index contributed by atoms with van der Waals surface area (Å²) < 4.78 is 21.1. The second-order valence-electron chi connectivity index (χ2n) is 7.37. The van der Waals surface area contributed by atoms with E-state index in [-0.39, 0.29) is 17.6 Å². The van der Waals surface area contributed by atoms with E-state index in [1.807, 2.05) is 0 Å². The van der Waals surface area contributed by atoms with Crippen molar-refractivity contribution in [2.75, 3.05) is 12.4 Å². The summed E-state index contributed by atoms with van der Waals surface area (Å²) in [6.45, 7) is 1.07. The molecule has 0 bridgehead atoms. The van der Waals surface area contributed by atoms with E-state index < -0.39 is 23.9 Å². The molecular formula is C23H20ClFN4O4. The van der Waals surface area contributed by atoms with Crippen LogP contribution >= 0.6 is 11.6 Å². The Hall–Kier alpha value is -3.69. The molecule has 2 heterocycles. The number of ether oxygens (including phenoxy) is 1. The van der Waals surface area contributed by atoms with Crippen molar-refractivity contribution in [1.29, 1.82) is 0 Å². The molecule has 0 unspecified atom stereocenters. The van der Waals surface area contributed by atoms with E-state index in [1.54, 1.807) is 19.1 Å². The van der Waals surface area contributed by atoms with Crippen LogP contribution in [0.1, 0.15) is 11.1 Å². The molecule has 1 amide bonds. The van der Waals surface area contributed by atoms with Gasteiger partial charge in [0.15, 0.2) is 0 Å². The van der Waals surface area contributed by atoms with Crippen LogP contribution in [-0.4, -0.2) is 32.3 Å². The number of nitrogens with zero attached hydrogens (tertiary/aromatic N) is 3. The van der Waals surface area contributed by atoms with E-state index in [0.717, 1.165) is 5.56 Å². The minimum Gasteiger partial charge on any atom is -0.495 e. The molecule has 2 aromatic heterocycles. The number of carbonyl (C=O) groups is 1. The standard InChI is InChI=1S/C23H20ClFN4O4/c1-13-9-18(19(33-2)10-17(13)24)26-20(31)11-28-7-8-29-22(23(28)32)16(12-30)21(27-29)14-3-5-15(25)6-4-14/h3-10,30H,11-12H2,1-2H3,(H,26,31). The molecule has 2 aromatic carbocycles. The Morgan fingerprint density at radius 3 is 2.64 bits per heavy atom. The molecule has 0 fully saturated rings. The van der Waals surface area contributed by atoms with Gasteiger partial charge in [0.25, 0.3) is 5.56 Å². The zero-order valence-electron chi connectivity index (χ0n) is 17.8. The number of amides is 1. The predicted molar refractivity (Wildman–Crippen MR) is 122 cm³/mol. The van der Waals surface area contributed by atoms with Gasteiger partial charge in [0.1, 0.15) is 23.6 Å². The molecule has 10 heteroatoms. The quantitative estimate of drug-likeness (QED) is 0.450. The summed E-state index contributed by atoms with van der Waals surface area (Å²) >= 11 is 6.10. The number of methoxy groups -OCH3 is 1. The molecule has 0 aliphatic carbocycles. The number of benzene rings is 2. The summed E-state index contributed by atoms with van der Waals surface area (Å²) in [7, 11) is 1.46. The van der Waals surface area contributed by atoms with Crippen LogP contribution in [0.5, 0.6) is 5.75 Å². The summed E-state index contributed by atoms with van der Waals surface area (Å²) in [5.74, 6) is -0.469. The first-order chi connectivity index (χ1) is 15.8. The van der Waals surface area contributed by atoms with E-state index in [0.29, 0.717) is 27.7 Å². The molecule has 0 aliphatic heterocycles. The third kappa shape index (κ3) is 4.33. The maximum atomic E-state index is 13.3. The molecule has 33 heavy (non-hydrogen) atoms. The van der Waals surface area contributed by atoms with Gasteiger partial charge in [-0.15, -0.1) is 0 Å². The Morgan fingerprint density at radius 1 is 1.24 bits per heavy atom. The molecule has 0 saturated heterocycles. The minimum absolute atomic E-state index is 0.132. The number of hydrogen-bond donors (Lipinski definition) is 2. The summed E-state index contributed by atoms with van der Waals surface area (Å²) in [5.41, 5.74) is 2.01. The lowest BCUT2D eigenvalue weighted by Gasteiger charge is -2.13. The third-order valence-corrected chi connectivity index (χ3v) is 5.61. The molecule has 4 rings (SSSR count). The van der Waals surface area contributed by atoms with Crippen LogP contribution in [0.15, 0.2) is 53.6 Å². The SMILES string of the molecule is COc1cc(Cl)c(C)cc1NC(=O)Cn1ccn2nc(-c3ccc(F)cc3)c(CO)c2c1=O. The number of aromatic nitrogens is 3. The number of aliphatic hydroxyl groups excluding tert-OH is 1. The second-order valence-corrected chi connectivity index (χ2v) is 7.77. The fourth-order valence-corrected chi connectivity index (χ4v) is 3.69. The van der Waals surface area contributed by atoms with Crippen molar-refractivity contribution in [2.45, 2.75) is 20.1 Å². The molecule has 8 nitrogen and oxygen atoms in total. The number of hydrogen-bond acceptors (Lipinski definition) is 5. The molecule has 0 spiro atoms. The largest absolute Gasteiger partial charge is 0.495 e. The Balaban J connectivity index is 1.67. The Labute approximate surface area is 192 Å². The number of fused-ring (bicyclic) bond motifs is 1. The van der Waals surface area contributed by atoms with Crippen molar-refractivity contribution < 1.29 is 19.0 Å². The van der Waals surface area contributed by atoms with Crippen LogP contribution in [0, 0.1) is 12.7 Å². The van der Waals surface area contributed by atoms with Crippen molar-refractivity contribution in [2.24, 2.45) is 0 Å². The fraction of sp³-hybridized carbons (Fsp3) is 0.174. The topological polar surface area (TPSA) is 97.9 Å². The monoisotopic (exact) mass is 470 g/mol. The number of aliphatic hydroxyl groups is 1. The average molecular weight is 471 g/mol. The number of carbonyl (C=O) groups excluding carboxylic acids is 1. The van der Waals surface area contributed by atoms with Gasteiger partial charge in [-0.2, -0.15) is 5.10 Å². The van der Waals surface area contributed by atoms with Crippen LogP contribution in [0.2, 0.25) is 5.02 Å². The highest BCUT2D eigenvalue weighted by Gasteiger charge is 2.19. The fourth-order valence-electron chi connectivity index (χ4n) is 3.54. The van der Waals surface area contributed by atoms with Crippen molar-refractivity contribution in [3.8, 4) is 17.0 Å². The third-order valence-electron chi connectivity index (χ3n) is 5.20. The van der Waals surface area contributed by atoms with E-state index in [4.69, 9.17) is 16.3 Å². The first-order valence-corrected chi connectivity index (χ1v) is 10.3. The van der Waals surface area contributed by atoms with Gasteiger partial charge < -0.3 is 19.7 Å². The first kappa shape index (κ1) is 22.5. The molecule has 0 radical (unpaired) electrons. The lowest BCUT2D eigenvalue weighted by atomic mass is 10.1. The van der Waals surface area contributed by atoms with Crippen molar-refractivity contribution in [3.63, 3.8) is 0 Å². The average Bonchev–Trinajstić information content (AvgIpc) is 3.18. The van der Waals surface area contributed by atoms with Crippen molar-refractivity contribution in [1.82, 2.24) is 14.2 Å².